The number of aryl methyl sites for hydroxylation is 1. The Bertz CT molecular complexity index is 924. The van der Waals surface area contributed by atoms with Gasteiger partial charge in [0, 0.05) is 31.7 Å². The molecular formula is C22H23ClFN3O. The number of carbonyl (C=O) groups excluding carboxylic acids is 1. The fourth-order valence-electron chi connectivity index (χ4n) is 3.64. The van der Waals surface area contributed by atoms with Crippen molar-refractivity contribution in [3.63, 3.8) is 0 Å². The van der Waals surface area contributed by atoms with Gasteiger partial charge in [0.2, 0.25) is 5.91 Å². The van der Waals surface area contributed by atoms with Crippen molar-refractivity contribution in [1.29, 1.82) is 5.26 Å². The van der Waals surface area contributed by atoms with Crippen LogP contribution in [0, 0.1) is 24.1 Å². The molecule has 146 valence electrons. The third-order valence-corrected chi connectivity index (χ3v) is 5.50. The van der Waals surface area contributed by atoms with Crippen LogP contribution in [0.5, 0.6) is 0 Å². The van der Waals surface area contributed by atoms with E-state index in [1.807, 2.05) is 17.9 Å². The molecule has 2 aromatic rings. The van der Waals surface area contributed by atoms with E-state index in [4.69, 9.17) is 16.9 Å². The number of hydrogen-bond acceptors (Lipinski definition) is 3. The number of carbonyl (C=O) groups is 1. The van der Waals surface area contributed by atoms with Crippen LogP contribution in [0.25, 0.3) is 0 Å². The number of nitriles is 1. The van der Waals surface area contributed by atoms with Crippen LogP contribution in [-0.4, -0.2) is 29.9 Å². The first-order valence-electron chi connectivity index (χ1n) is 9.42. The molecule has 28 heavy (non-hydrogen) atoms. The van der Waals surface area contributed by atoms with Crippen molar-refractivity contribution in [3.8, 4) is 6.07 Å². The third-order valence-electron chi connectivity index (χ3n) is 5.19. The van der Waals surface area contributed by atoms with Gasteiger partial charge in [0.15, 0.2) is 0 Å². The van der Waals surface area contributed by atoms with Crippen LogP contribution in [-0.2, 0) is 11.3 Å². The Morgan fingerprint density at radius 3 is 2.79 bits per heavy atom. The molecule has 1 amide bonds. The molecule has 1 fully saturated rings. The van der Waals surface area contributed by atoms with Gasteiger partial charge in [-0.15, -0.1) is 0 Å². The van der Waals surface area contributed by atoms with E-state index >= 15 is 0 Å². The Morgan fingerprint density at radius 2 is 2.11 bits per heavy atom. The molecule has 6 heteroatoms. The Hall–Kier alpha value is -2.58. The van der Waals surface area contributed by atoms with Crippen LogP contribution < -0.4 is 4.90 Å². The molecule has 2 aromatic carbocycles. The molecule has 0 aliphatic carbocycles. The van der Waals surface area contributed by atoms with Crippen molar-refractivity contribution in [3.05, 3.63) is 63.9 Å². The van der Waals surface area contributed by atoms with E-state index in [-0.39, 0.29) is 17.8 Å². The fourth-order valence-corrected chi connectivity index (χ4v) is 3.86. The lowest BCUT2D eigenvalue weighted by atomic mass is 10.1. The highest BCUT2D eigenvalue weighted by Gasteiger charge is 2.33. The molecular weight excluding hydrogens is 377 g/mol. The van der Waals surface area contributed by atoms with Crippen LogP contribution >= 0.6 is 11.6 Å². The van der Waals surface area contributed by atoms with Gasteiger partial charge in [0.1, 0.15) is 11.9 Å². The number of amides is 1. The minimum atomic E-state index is -0.284. The van der Waals surface area contributed by atoms with Gasteiger partial charge in [0.05, 0.1) is 16.6 Å². The minimum Gasteiger partial charge on any atom is -0.362 e. The predicted molar refractivity (Wildman–Crippen MR) is 109 cm³/mol. The van der Waals surface area contributed by atoms with Gasteiger partial charge in [-0.3, -0.25) is 4.79 Å². The molecule has 0 bridgehead atoms. The Kier molecular flexibility index (Phi) is 6.21. The van der Waals surface area contributed by atoms with Crippen molar-refractivity contribution in [1.82, 2.24) is 4.90 Å². The standard InChI is InChI=1S/C22H23ClFN3O/c1-3-8-26-14-20(11-22(26)28)27(13-17-9-18(24)6-4-15(17)2)19-7-5-16(12-25)21(23)10-19/h4-7,9-10,20H,3,8,11,13-14H2,1-2H3/t20-/m0/s1. The summed E-state index contributed by atoms with van der Waals surface area (Å²) in [5.74, 6) is -0.152. The van der Waals surface area contributed by atoms with Gasteiger partial charge >= 0.3 is 0 Å². The fraction of sp³-hybridized carbons (Fsp3) is 0.364. The van der Waals surface area contributed by atoms with Gasteiger partial charge < -0.3 is 9.80 Å². The van der Waals surface area contributed by atoms with Crippen molar-refractivity contribution in [2.75, 3.05) is 18.0 Å². The molecule has 0 spiro atoms. The molecule has 3 rings (SSSR count). The zero-order valence-electron chi connectivity index (χ0n) is 16.1. The first kappa shape index (κ1) is 20.2. The summed E-state index contributed by atoms with van der Waals surface area (Å²) in [6.07, 6.45) is 1.32. The number of hydrogen-bond donors (Lipinski definition) is 0. The number of nitrogens with zero attached hydrogens (tertiary/aromatic N) is 3. The summed E-state index contributed by atoms with van der Waals surface area (Å²) < 4.78 is 13.8. The van der Waals surface area contributed by atoms with Gasteiger partial charge in [-0.1, -0.05) is 24.6 Å². The van der Waals surface area contributed by atoms with E-state index in [0.717, 1.165) is 29.8 Å². The van der Waals surface area contributed by atoms with E-state index in [1.54, 1.807) is 18.2 Å². The molecule has 1 saturated heterocycles. The SMILES string of the molecule is CCCN1C[C@@H](N(Cc2cc(F)ccc2C)c2ccc(C#N)c(Cl)c2)CC1=O. The van der Waals surface area contributed by atoms with Crippen LogP contribution in [0.15, 0.2) is 36.4 Å². The molecule has 1 aliphatic heterocycles. The summed E-state index contributed by atoms with van der Waals surface area (Å²) in [6, 6.07) is 12.1. The number of likely N-dealkylation sites (tertiary alicyclic amines) is 1. The molecule has 4 nitrogen and oxygen atoms in total. The summed E-state index contributed by atoms with van der Waals surface area (Å²) in [7, 11) is 0. The average molecular weight is 400 g/mol. The normalized spacial score (nSPS) is 16.3. The molecule has 1 atom stereocenters. The Balaban J connectivity index is 1.97. The Morgan fingerprint density at radius 1 is 1.32 bits per heavy atom. The van der Waals surface area contributed by atoms with Crippen LogP contribution in [0.3, 0.4) is 0 Å². The first-order valence-corrected chi connectivity index (χ1v) is 9.79. The van der Waals surface area contributed by atoms with Crippen LogP contribution in [0.4, 0.5) is 10.1 Å². The summed E-state index contributed by atoms with van der Waals surface area (Å²) in [4.78, 5) is 16.4. The second kappa shape index (κ2) is 8.62. The highest BCUT2D eigenvalue weighted by atomic mass is 35.5. The molecule has 0 N–H and O–H groups in total. The summed E-state index contributed by atoms with van der Waals surface area (Å²) in [5.41, 5.74) is 3.08. The third kappa shape index (κ3) is 4.28. The minimum absolute atomic E-state index is 0.0364. The van der Waals surface area contributed by atoms with Gasteiger partial charge in [-0.25, -0.2) is 4.39 Å². The second-order valence-corrected chi connectivity index (χ2v) is 7.58. The molecule has 0 unspecified atom stereocenters. The highest BCUT2D eigenvalue weighted by Crippen LogP contribution is 2.30. The van der Waals surface area contributed by atoms with Crippen LogP contribution in [0.1, 0.15) is 36.5 Å². The Labute approximate surface area is 170 Å². The van der Waals surface area contributed by atoms with Gasteiger partial charge in [-0.2, -0.15) is 5.26 Å². The molecule has 0 saturated carbocycles. The number of rotatable bonds is 6. The van der Waals surface area contributed by atoms with Crippen LogP contribution in [0.2, 0.25) is 5.02 Å². The maximum absolute atomic E-state index is 13.8. The lowest BCUT2D eigenvalue weighted by Gasteiger charge is -2.32. The van der Waals surface area contributed by atoms with E-state index in [2.05, 4.69) is 17.9 Å². The van der Waals surface area contributed by atoms with Crippen molar-refractivity contribution >= 4 is 23.2 Å². The van der Waals surface area contributed by atoms with E-state index in [0.29, 0.717) is 30.1 Å². The molecule has 1 heterocycles. The molecule has 0 radical (unpaired) electrons. The summed E-state index contributed by atoms with van der Waals surface area (Å²) >= 11 is 6.26. The van der Waals surface area contributed by atoms with Crippen molar-refractivity contribution in [2.24, 2.45) is 0 Å². The number of halogens is 2. The smallest absolute Gasteiger partial charge is 0.224 e. The predicted octanol–water partition coefficient (Wildman–Crippen LogP) is 4.68. The van der Waals surface area contributed by atoms with E-state index < -0.39 is 0 Å². The molecule has 0 aromatic heterocycles. The zero-order chi connectivity index (χ0) is 20.3. The highest BCUT2D eigenvalue weighted by molar-refractivity contribution is 6.32. The van der Waals surface area contributed by atoms with Crippen molar-refractivity contribution in [2.45, 2.75) is 39.3 Å². The zero-order valence-corrected chi connectivity index (χ0v) is 16.8. The number of benzene rings is 2. The lowest BCUT2D eigenvalue weighted by Crippen LogP contribution is -2.37. The molecule has 1 aliphatic rings. The average Bonchev–Trinajstić information content (AvgIpc) is 3.03. The maximum Gasteiger partial charge on any atom is 0.224 e. The largest absolute Gasteiger partial charge is 0.362 e. The second-order valence-electron chi connectivity index (χ2n) is 7.17. The monoisotopic (exact) mass is 399 g/mol. The maximum atomic E-state index is 13.8. The topological polar surface area (TPSA) is 47.3 Å². The van der Waals surface area contributed by atoms with Crippen molar-refractivity contribution < 1.29 is 9.18 Å². The lowest BCUT2D eigenvalue weighted by molar-refractivity contribution is -0.127. The summed E-state index contributed by atoms with van der Waals surface area (Å²) in [5, 5.41) is 9.52. The van der Waals surface area contributed by atoms with E-state index in [9.17, 15) is 9.18 Å². The van der Waals surface area contributed by atoms with Gasteiger partial charge in [-0.05, 0) is 54.8 Å². The summed E-state index contributed by atoms with van der Waals surface area (Å²) in [6.45, 7) is 5.81. The van der Waals surface area contributed by atoms with E-state index in [1.165, 1.54) is 12.1 Å². The van der Waals surface area contributed by atoms with Gasteiger partial charge in [0.25, 0.3) is 0 Å². The first-order chi connectivity index (χ1) is 13.4. The quantitative estimate of drug-likeness (QED) is 0.708. The number of anilines is 1.